The molecule has 0 rings (SSSR count). The lowest BCUT2D eigenvalue weighted by Gasteiger charge is -2.26. The summed E-state index contributed by atoms with van der Waals surface area (Å²) in [6.45, 7) is 8.23. The van der Waals surface area contributed by atoms with Crippen molar-refractivity contribution in [3.05, 3.63) is 12.7 Å². The zero-order valence-corrected chi connectivity index (χ0v) is 9.65. The molecule has 1 unspecified atom stereocenters. The Labute approximate surface area is 91.8 Å². The molecule has 88 valence electrons. The van der Waals surface area contributed by atoms with Crippen LogP contribution in [0.2, 0.25) is 0 Å². The van der Waals surface area contributed by atoms with Crippen LogP contribution in [0.15, 0.2) is 12.7 Å². The Kier molecular flexibility index (Phi) is 6.99. The number of nitrogens with zero attached hydrogens (tertiary/aromatic N) is 1. The third kappa shape index (κ3) is 4.44. The first-order valence-corrected chi connectivity index (χ1v) is 5.34. The summed E-state index contributed by atoms with van der Waals surface area (Å²) in [5.74, 6) is 0.0433. The van der Waals surface area contributed by atoms with Crippen molar-refractivity contribution in [2.24, 2.45) is 11.7 Å². The van der Waals surface area contributed by atoms with Crippen LogP contribution in [0.3, 0.4) is 0 Å². The van der Waals surface area contributed by atoms with Crippen molar-refractivity contribution in [1.82, 2.24) is 4.90 Å². The average molecular weight is 214 g/mol. The fraction of sp³-hybridized carbons (Fsp3) is 0.727. The van der Waals surface area contributed by atoms with Gasteiger partial charge < -0.3 is 15.7 Å². The average Bonchev–Trinajstić information content (AvgIpc) is 2.25. The second-order valence-corrected chi connectivity index (χ2v) is 3.71. The number of aliphatic hydroxyl groups is 1. The molecule has 0 spiro atoms. The van der Waals surface area contributed by atoms with Gasteiger partial charge in [-0.15, -0.1) is 6.58 Å². The number of amides is 1. The Morgan fingerprint density at radius 1 is 1.67 bits per heavy atom. The molecule has 4 nitrogen and oxygen atoms in total. The molecule has 15 heavy (non-hydrogen) atoms. The molecule has 4 heteroatoms. The van der Waals surface area contributed by atoms with Gasteiger partial charge in [0, 0.05) is 13.1 Å². The van der Waals surface area contributed by atoms with Crippen LogP contribution in [0, 0.1) is 5.92 Å². The van der Waals surface area contributed by atoms with Gasteiger partial charge >= 0.3 is 0 Å². The van der Waals surface area contributed by atoms with Crippen LogP contribution in [0.5, 0.6) is 0 Å². The van der Waals surface area contributed by atoms with Crippen LogP contribution >= 0.6 is 0 Å². The lowest BCUT2D eigenvalue weighted by atomic mass is 9.99. The van der Waals surface area contributed by atoms with E-state index in [9.17, 15) is 4.79 Å². The summed E-state index contributed by atoms with van der Waals surface area (Å²) < 4.78 is 0. The van der Waals surface area contributed by atoms with E-state index in [0.717, 1.165) is 6.42 Å². The Hall–Kier alpha value is -0.870. The number of hydrogen-bond acceptors (Lipinski definition) is 3. The summed E-state index contributed by atoms with van der Waals surface area (Å²) >= 11 is 0. The van der Waals surface area contributed by atoms with Gasteiger partial charge in [-0.1, -0.05) is 26.3 Å². The summed E-state index contributed by atoms with van der Waals surface area (Å²) in [5, 5.41) is 8.82. The van der Waals surface area contributed by atoms with E-state index in [1.165, 1.54) is 4.90 Å². The predicted octanol–water partition coefficient (Wildman–Crippen LogP) is 0.367. The lowest BCUT2D eigenvalue weighted by molar-refractivity contribution is -0.133. The maximum atomic E-state index is 11.9. The standard InChI is InChI=1S/C11H22N2O2/c1-4-6-13(7-8-14)11(15)10(12)9(3)5-2/h4,9-10,14H,1,5-8,12H2,2-3H3/t9?,10-/m0/s1. The SMILES string of the molecule is C=CCN(CCO)C(=O)[C@@H](N)C(C)CC. The maximum Gasteiger partial charge on any atom is 0.240 e. The van der Waals surface area contributed by atoms with Crippen LogP contribution < -0.4 is 5.73 Å². The minimum Gasteiger partial charge on any atom is -0.395 e. The van der Waals surface area contributed by atoms with E-state index in [4.69, 9.17) is 10.8 Å². The molecule has 1 amide bonds. The van der Waals surface area contributed by atoms with E-state index < -0.39 is 6.04 Å². The van der Waals surface area contributed by atoms with Gasteiger partial charge in [-0.2, -0.15) is 0 Å². The molecule has 0 bridgehead atoms. The van der Waals surface area contributed by atoms with E-state index in [-0.39, 0.29) is 18.4 Å². The number of hydrogen-bond donors (Lipinski definition) is 2. The van der Waals surface area contributed by atoms with Crippen molar-refractivity contribution in [3.8, 4) is 0 Å². The van der Waals surface area contributed by atoms with Crippen molar-refractivity contribution >= 4 is 5.91 Å². The second kappa shape index (κ2) is 7.43. The molecule has 0 saturated heterocycles. The normalized spacial score (nSPS) is 14.4. The number of carbonyl (C=O) groups excluding carboxylic acids is 1. The smallest absolute Gasteiger partial charge is 0.240 e. The summed E-state index contributed by atoms with van der Waals surface area (Å²) in [7, 11) is 0. The van der Waals surface area contributed by atoms with Gasteiger partial charge in [0.15, 0.2) is 0 Å². The van der Waals surface area contributed by atoms with Crippen molar-refractivity contribution in [2.45, 2.75) is 26.3 Å². The van der Waals surface area contributed by atoms with Crippen molar-refractivity contribution in [2.75, 3.05) is 19.7 Å². The molecule has 0 aromatic carbocycles. The topological polar surface area (TPSA) is 66.6 Å². The molecular weight excluding hydrogens is 192 g/mol. The molecule has 0 fully saturated rings. The van der Waals surface area contributed by atoms with E-state index in [1.807, 2.05) is 13.8 Å². The summed E-state index contributed by atoms with van der Waals surface area (Å²) in [4.78, 5) is 13.4. The van der Waals surface area contributed by atoms with Gasteiger partial charge in [0.25, 0.3) is 0 Å². The first-order valence-electron chi connectivity index (χ1n) is 5.34. The molecule has 0 aliphatic rings. The van der Waals surface area contributed by atoms with Crippen LogP contribution in [0.4, 0.5) is 0 Å². The lowest BCUT2D eigenvalue weighted by Crippen LogP contribution is -2.48. The quantitative estimate of drug-likeness (QED) is 0.602. The summed E-state index contributed by atoms with van der Waals surface area (Å²) in [6, 6.07) is -0.485. The third-order valence-corrected chi connectivity index (χ3v) is 2.57. The first kappa shape index (κ1) is 14.1. The summed E-state index contributed by atoms with van der Waals surface area (Å²) in [6.07, 6.45) is 2.50. The molecule has 0 heterocycles. The predicted molar refractivity (Wildman–Crippen MR) is 61.3 cm³/mol. The van der Waals surface area contributed by atoms with Crippen LogP contribution in [-0.2, 0) is 4.79 Å². The van der Waals surface area contributed by atoms with E-state index in [1.54, 1.807) is 6.08 Å². The molecule has 0 aromatic heterocycles. The van der Waals surface area contributed by atoms with Gasteiger partial charge in [0.1, 0.15) is 0 Å². The van der Waals surface area contributed by atoms with Crippen molar-refractivity contribution in [3.63, 3.8) is 0 Å². The molecule has 0 aromatic rings. The molecule has 0 aliphatic heterocycles. The maximum absolute atomic E-state index is 11.9. The van der Waals surface area contributed by atoms with Crippen LogP contribution in [0.1, 0.15) is 20.3 Å². The molecule has 3 N–H and O–H groups in total. The molecule has 0 radical (unpaired) electrons. The van der Waals surface area contributed by atoms with E-state index >= 15 is 0 Å². The molecule has 2 atom stereocenters. The number of rotatable bonds is 7. The minimum atomic E-state index is -0.485. The molecule has 0 saturated carbocycles. The van der Waals surface area contributed by atoms with Gasteiger partial charge in [-0.25, -0.2) is 0 Å². The van der Waals surface area contributed by atoms with Gasteiger partial charge in [-0.05, 0) is 5.92 Å². The van der Waals surface area contributed by atoms with E-state index in [0.29, 0.717) is 13.1 Å². The molecular formula is C11H22N2O2. The van der Waals surface area contributed by atoms with Gasteiger partial charge in [0.05, 0.1) is 12.6 Å². The Bertz CT molecular complexity index is 207. The Morgan fingerprint density at radius 2 is 2.27 bits per heavy atom. The third-order valence-electron chi connectivity index (χ3n) is 2.57. The highest BCUT2D eigenvalue weighted by Gasteiger charge is 2.23. The molecule has 0 aliphatic carbocycles. The Morgan fingerprint density at radius 3 is 2.67 bits per heavy atom. The monoisotopic (exact) mass is 214 g/mol. The highest BCUT2D eigenvalue weighted by atomic mass is 16.3. The number of carbonyl (C=O) groups is 1. The fourth-order valence-corrected chi connectivity index (χ4v) is 1.28. The van der Waals surface area contributed by atoms with Gasteiger partial charge in [-0.3, -0.25) is 4.79 Å². The fourth-order valence-electron chi connectivity index (χ4n) is 1.28. The van der Waals surface area contributed by atoms with E-state index in [2.05, 4.69) is 6.58 Å². The van der Waals surface area contributed by atoms with Crippen LogP contribution in [-0.4, -0.2) is 41.7 Å². The zero-order chi connectivity index (χ0) is 11.8. The van der Waals surface area contributed by atoms with Crippen molar-refractivity contribution in [1.29, 1.82) is 0 Å². The summed E-state index contributed by atoms with van der Waals surface area (Å²) in [5.41, 5.74) is 5.83. The van der Waals surface area contributed by atoms with Crippen molar-refractivity contribution < 1.29 is 9.90 Å². The zero-order valence-electron chi connectivity index (χ0n) is 9.65. The highest BCUT2D eigenvalue weighted by molar-refractivity contribution is 5.82. The Balaban J connectivity index is 4.40. The second-order valence-electron chi connectivity index (χ2n) is 3.71. The minimum absolute atomic E-state index is 0.0488. The van der Waals surface area contributed by atoms with Crippen LogP contribution in [0.25, 0.3) is 0 Å². The highest BCUT2D eigenvalue weighted by Crippen LogP contribution is 2.08. The largest absolute Gasteiger partial charge is 0.395 e. The number of nitrogens with two attached hydrogens (primary N) is 1. The number of aliphatic hydroxyl groups excluding tert-OH is 1. The van der Waals surface area contributed by atoms with Gasteiger partial charge in [0.2, 0.25) is 5.91 Å². The first-order chi connectivity index (χ1) is 7.08.